The normalized spacial score (nSPS) is 10.5. The number of anilines is 2. The highest BCUT2D eigenvalue weighted by molar-refractivity contribution is 7.19. The van der Waals surface area contributed by atoms with Gasteiger partial charge in [-0.25, -0.2) is 0 Å². The maximum Gasteiger partial charge on any atom is 0.257 e. The number of nitrogens with zero attached hydrogens (tertiary/aromatic N) is 2. The maximum atomic E-state index is 12.2. The van der Waals surface area contributed by atoms with Crippen LogP contribution in [0.3, 0.4) is 0 Å². The highest BCUT2D eigenvalue weighted by Gasteiger charge is 2.09. The molecule has 26 heavy (non-hydrogen) atoms. The molecule has 0 saturated carbocycles. The van der Waals surface area contributed by atoms with Crippen molar-refractivity contribution in [3.8, 4) is 0 Å². The van der Waals surface area contributed by atoms with Crippen LogP contribution in [0, 0.1) is 6.92 Å². The first-order valence-corrected chi connectivity index (χ1v) is 9.52. The zero-order valence-electron chi connectivity index (χ0n) is 14.7. The minimum atomic E-state index is -0.171. The second-order valence-electron chi connectivity index (χ2n) is 6.10. The van der Waals surface area contributed by atoms with Gasteiger partial charge in [0.25, 0.3) is 5.91 Å². The molecule has 2 aromatic carbocycles. The van der Waals surface area contributed by atoms with E-state index in [9.17, 15) is 4.79 Å². The summed E-state index contributed by atoms with van der Waals surface area (Å²) in [6.07, 6.45) is 3.25. The molecule has 0 aliphatic rings. The SMILES string of the molecule is Cc1ccc(C(=O)Nc2nnc(NCCCCc3ccccc3)s2)cc1. The van der Waals surface area contributed by atoms with Crippen LogP contribution >= 0.6 is 11.3 Å². The van der Waals surface area contributed by atoms with Gasteiger partial charge in [0.15, 0.2) is 0 Å². The number of amides is 1. The Balaban J connectivity index is 1.40. The molecule has 0 saturated heterocycles. The average Bonchev–Trinajstić information content (AvgIpc) is 3.10. The predicted octanol–water partition coefficient (Wildman–Crippen LogP) is 4.53. The van der Waals surface area contributed by atoms with E-state index in [0.29, 0.717) is 10.7 Å². The van der Waals surface area contributed by atoms with Crippen LogP contribution < -0.4 is 10.6 Å². The fourth-order valence-corrected chi connectivity index (χ4v) is 3.18. The van der Waals surface area contributed by atoms with E-state index in [2.05, 4.69) is 45.1 Å². The molecule has 3 aromatic rings. The van der Waals surface area contributed by atoms with Crippen molar-refractivity contribution < 1.29 is 4.79 Å². The Hall–Kier alpha value is -2.73. The Morgan fingerprint density at radius 2 is 1.69 bits per heavy atom. The van der Waals surface area contributed by atoms with Crippen molar-refractivity contribution in [3.05, 3.63) is 71.3 Å². The van der Waals surface area contributed by atoms with Gasteiger partial charge in [0, 0.05) is 12.1 Å². The topological polar surface area (TPSA) is 66.9 Å². The standard InChI is InChI=1S/C20H22N4OS/c1-15-10-12-17(13-11-15)18(25)22-20-24-23-19(26-20)21-14-6-5-9-16-7-3-2-4-8-16/h2-4,7-8,10-13H,5-6,9,14H2,1H3,(H,21,23)(H,22,24,25). The summed E-state index contributed by atoms with van der Waals surface area (Å²) >= 11 is 1.35. The lowest BCUT2D eigenvalue weighted by Gasteiger charge is -2.03. The van der Waals surface area contributed by atoms with Crippen LogP contribution in [0.25, 0.3) is 0 Å². The van der Waals surface area contributed by atoms with Gasteiger partial charge in [-0.2, -0.15) is 0 Å². The Kier molecular flexibility index (Phi) is 6.33. The molecule has 0 fully saturated rings. The largest absolute Gasteiger partial charge is 0.360 e. The first-order chi connectivity index (χ1) is 12.7. The van der Waals surface area contributed by atoms with Crippen molar-refractivity contribution >= 4 is 27.5 Å². The van der Waals surface area contributed by atoms with Gasteiger partial charge in [0.05, 0.1) is 0 Å². The van der Waals surface area contributed by atoms with E-state index >= 15 is 0 Å². The molecule has 2 N–H and O–H groups in total. The van der Waals surface area contributed by atoms with E-state index in [1.165, 1.54) is 16.9 Å². The molecule has 1 amide bonds. The molecule has 0 radical (unpaired) electrons. The summed E-state index contributed by atoms with van der Waals surface area (Å²) in [5.74, 6) is -0.171. The van der Waals surface area contributed by atoms with Gasteiger partial charge >= 0.3 is 0 Å². The average molecular weight is 366 g/mol. The van der Waals surface area contributed by atoms with Crippen LogP contribution in [0.5, 0.6) is 0 Å². The number of carbonyl (C=O) groups is 1. The molecule has 6 heteroatoms. The van der Waals surface area contributed by atoms with E-state index < -0.39 is 0 Å². The summed E-state index contributed by atoms with van der Waals surface area (Å²) in [7, 11) is 0. The van der Waals surface area contributed by atoms with E-state index in [1.807, 2.05) is 25.1 Å². The van der Waals surface area contributed by atoms with Gasteiger partial charge in [-0.1, -0.05) is 59.4 Å². The number of hydrogen-bond acceptors (Lipinski definition) is 5. The number of rotatable bonds is 8. The van der Waals surface area contributed by atoms with E-state index in [1.54, 1.807) is 12.1 Å². The molecule has 0 atom stereocenters. The van der Waals surface area contributed by atoms with Crippen LogP contribution in [-0.4, -0.2) is 22.6 Å². The third-order valence-electron chi connectivity index (χ3n) is 3.97. The molecule has 0 aliphatic carbocycles. The van der Waals surface area contributed by atoms with Gasteiger partial charge in [-0.3, -0.25) is 10.1 Å². The number of nitrogens with one attached hydrogen (secondary N) is 2. The molecule has 0 bridgehead atoms. The van der Waals surface area contributed by atoms with Crippen molar-refractivity contribution in [2.75, 3.05) is 17.2 Å². The van der Waals surface area contributed by atoms with E-state index in [4.69, 9.17) is 0 Å². The molecule has 1 heterocycles. The zero-order valence-corrected chi connectivity index (χ0v) is 15.6. The zero-order chi connectivity index (χ0) is 18.2. The highest BCUT2D eigenvalue weighted by atomic mass is 32.1. The quantitative estimate of drug-likeness (QED) is 0.575. The summed E-state index contributed by atoms with van der Waals surface area (Å²) in [4.78, 5) is 12.2. The van der Waals surface area contributed by atoms with Crippen LogP contribution in [-0.2, 0) is 6.42 Å². The second-order valence-corrected chi connectivity index (χ2v) is 7.08. The summed E-state index contributed by atoms with van der Waals surface area (Å²) in [5.41, 5.74) is 3.10. The van der Waals surface area contributed by atoms with Crippen molar-refractivity contribution in [2.45, 2.75) is 26.2 Å². The fraction of sp³-hybridized carbons (Fsp3) is 0.250. The number of unbranched alkanes of at least 4 members (excludes halogenated alkanes) is 1. The van der Waals surface area contributed by atoms with Crippen molar-refractivity contribution in [1.29, 1.82) is 0 Å². The molecule has 1 aromatic heterocycles. The van der Waals surface area contributed by atoms with Gasteiger partial charge in [0.2, 0.25) is 10.3 Å². The van der Waals surface area contributed by atoms with Gasteiger partial charge < -0.3 is 5.32 Å². The number of carbonyl (C=O) groups excluding carboxylic acids is 1. The van der Waals surface area contributed by atoms with Crippen LogP contribution in [0.1, 0.15) is 34.3 Å². The Morgan fingerprint density at radius 3 is 2.46 bits per heavy atom. The third-order valence-corrected chi connectivity index (χ3v) is 4.77. The summed E-state index contributed by atoms with van der Waals surface area (Å²) in [6.45, 7) is 2.83. The van der Waals surface area contributed by atoms with Gasteiger partial charge in [-0.05, 0) is 43.9 Å². The lowest BCUT2D eigenvalue weighted by Crippen LogP contribution is -2.11. The third kappa shape index (κ3) is 5.39. The van der Waals surface area contributed by atoms with Crippen molar-refractivity contribution in [3.63, 3.8) is 0 Å². The minimum Gasteiger partial charge on any atom is -0.360 e. The molecule has 5 nitrogen and oxygen atoms in total. The molecule has 0 spiro atoms. The van der Waals surface area contributed by atoms with Crippen molar-refractivity contribution in [2.24, 2.45) is 0 Å². The van der Waals surface area contributed by atoms with E-state index in [0.717, 1.165) is 36.5 Å². The van der Waals surface area contributed by atoms with E-state index in [-0.39, 0.29) is 5.91 Å². The van der Waals surface area contributed by atoms with Crippen LogP contribution in [0.2, 0.25) is 0 Å². The monoisotopic (exact) mass is 366 g/mol. The first-order valence-electron chi connectivity index (χ1n) is 8.70. The lowest BCUT2D eigenvalue weighted by molar-refractivity contribution is 0.102. The number of aromatic nitrogens is 2. The Labute approximate surface area is 157 Å². The highest BCUT2D eigenvalue weighted by Crippen LogP contribution is 2.20. The second kappa shape index (κ2) is 9.10. The van der Waals surface area contributed by atoms with Gasteiger partial charge in [-0.15, -0.1) is 10.2 Å². The molecule has 3 rings (SSSR count). The smallest absolute Gasteiger partial charge is 0.257 e. The summed E-state index contributed by atoms with van der Waals surface area (Å²) < 4.78 is 0. The number of benzene rings is 2. The molecule has 0 unspecified atom stereocenters. The van der Waals surface area contributed by atoms with Crippen LogP contribution in [0.15, 0.2) is 54.6 Å². The Morgan fingerprint density at radius 1 is 0.962 bits per heavy atom. The fourth-order valence-electron chi connectivity index (χ4n) is 2.51. The Bertz CT molecular complexity index is 831. The maximum absolute atomic E-state index is 12.2. The molecular weight excluding hydrogens is 344 g/mol. The van der Waals surface area contributed by atoms with Crippen molar-refractivity contribution in [1.82, 2.24) is 10.2 Å². The molecule has 134 valence electrons. The molecular formula is C20H22N4OS. The van der Waals surface area contributed by atoms with Gasteiger partial charge in [0.1, 0.15) is 0 Å². The summed E-state index contributed by atoms with van der Waals surface area (Å²) in [5, 5.41) is 15.4. The molecule has 0 aliphatic heterocycles. The number of hydrogen-bond donors (Lipinski definition) is 2. The first kappa shape index (κ1) is 18.1. The van der Waals surface area contributed by atoms with Crippen LogP contribution in [0.4, 0.5) is 10.3 Å². The lowest BCUT2D eigenvalue weighted by atomic mass is 10.1. The summed E-state index contributed by atoms with van der Waals surface area (Å²) in [6, 6.07) is 17.9. The minimum absolute atomic E-state index is 0.171. The predicted molar refractivity (Wildman–Crippen MR) is 107 cm³/mol. The number of aryl methyl sites for hydroxylation is 2.